The van der Waals surface area contributed by atoms with E-state index in [9.17, 15) is 15.0 Å². The minimum Gasteiger partial charge on any atom is -0.508 e. The number of para-hydroxylation sites is 1. The molecule has 5 aromatic rings. The lowest BCUT2D eigenvalue weighted by Crippen LogP contribution is -2.56. The number of amides is 1. The predicted octanol–water partition coefficient (Wildman–Crippen LogP) is 8.24. The monoisotopic (exact) mass is 584 g/mol. The Morgan fingerprint density at radius 1 is 0.902 bits per heavy atom. The summed E-state index contributed by atoms with van der Waals surface area (Å²) in [6, 6.07) is 23.0. The number of methoxy groups -OCH3 is 1. The lowest BCUT2D eigenvalue weighted by atomic mass is 9.91. The summed E-state index contributed by atoms with van der Waals surface area (Å²) in [5.41, 5.74) is 2.82. The van der Waals surface area contributed by atoms with Crippen molar-refractivity contribution in [1.29, 1.82) is 0 Å². The summed E-state index contributed by atoms with van der Waals surface area (Å²) in [5, 5.41) is 37.7. The number of carbonyl (C=O) groups excluding carboxylic acids is 1. The highest BCUT2D eigenvalue weighted by molar-refractivity contribution is 7.21. The maximum Gasteiger partial charge on any atom is 0.248 e. The largest absolute Gasteiger partial charge is 0.508 e. The molecule has 2 N–H and O–H groups in total. The van der Waals surface area contributed by atoms with Gasteiger partial charge in [-0.05, 0) is 66.7 Å². The quantitative estimate of drug-likeness (QED) is 0.113. The molecule has 204 valence electrons. The summed E-state index contributed by atoms with van der Waals surface area (Å²) in [4.78, 5) is 18.9. The second-order valence-corrected chi connectivity index (χ2v) is 10.5. The van der Waals surface area contributed by atoms with Crippen LogP contribution in [0.5, 0.6) is 17.2 Å². The number of hydrogen-bond acceptors (Lipinski definition) is 10. The Hall–Kier alpha value is -4.87. The number of β-lactam (4-membered cyclic amide) rings is 1. The molecule has 41 heavy (non-hydrogen) atoms. The topological polar surface area (TPSA) is 132 Å². The summed E-state index contributed by atoms with van der Waals surface area (Å²) < 4.78 is 6.16. The van der Waals surface area contributed by atoms with Gasteiger partial charge in [0, 0.05) is 11.6 Å². The van der Waals surface area contributed by atoms with Crippen molar-refractivity contribution in [2.45, 2.75) is 11.4 Å². The maximum absolute atomic E-state index is 13.0. The van der Waals surface area contributed by atoms with Gasteiger partial charge in [0.05, 0.1) is 40.4 Å². The van der Waals surface area contributed by atoms with E-state index in [4.69, 9.17) is 16.3 Å². The van der Waals surface area contributed by atoms with E-state index in [0.29, 0.717) is 33.5 Å². The van der Waals surface area contributed by atoms with Gasteiger partial charge in [0.2, 0.25) is 11.0 Å². The van der Waals surface area contributed by atoms with Crippen LogP contribution in [0.4, 0.5) is 27.9 Å². The van der Waals surface area contributed by atoms with Gasteiger partial charge in [-0.15, -0.1) is 26.9 Å². The fraction of sp³-hybridized carbons (Fsp3) is 0.103. The zero-order valence-corrected chi connectivity index (χ0v) is 23.0. The van der Waals surface area contributed by atoms with Crippen molar-refractivity contribution < 1.29 is 19.7 Å². The standard InChI is InChI=1S/C29H21ClN6O4S/c1-40-19-10-6-16(7-11-19)32-34-21-12-9-18(37)15-23(21)36-27(26(30)28(36)39)20-14-17(8-13-24(20)38)33-35-29-31-22-4-2-3-5-25(22)41-29/h2-15,26-27,37-38H,1H3. The molecule has 0 radical (unpaired) electrons. The van der Waals surface area contributed by atoms with Crippen molar-refractivity contribution in [1.82, 2.24) is 4.98 Å². The highest BCUT2D eigenvalue weighted by Gasteiger charge is 2.50. The first kappa shape index (κ1) is 26.4. The van der Waals surface area contributed by atoms with Crippen LogP contribution in [0, 0.1) is 0 Å². The van der Waals surface area contributed by atoms with E-state index in [0.717, 1.165) is 10.2 Å². The molecular weight excluding hydrogens is 564 g/mol. The molecule has 2 heterocycles. The van der Waals surface area contributed by atoms with Gasteiger partial charge in [-0.3, -0.25) is 9.69 Å². The van der Waals surface area contributed by atoms with Gasteiger partial charge in [0.1, 0.15) is 28.3 Å². The molecule has 12 heteroatoms. The first-order chi connectivity index (χ1) is 19.9. The molecule has 1 saturated heterocycles. The van der Waals surface area contributed by atoms with E-state index in [-0.39, 0.29) is 17.2 Å². The number of nitrogens with zero attached hydrogens (tertiary/aromatic N) is 6. The molecule has 0 bridgehead atoms. The molecule has 0 aliphatic carbocycles. The molecule has 4 aromatic carbocycles. The molecule has 6 rings (SSSR count). The van der Waals surface area contributed by atoms with Crippen molar-refractivity contribution in [2.75, 3.05) is 12.0 Å². The van der Waals surface area contributed by atoms with Crippen LogP contribution in [-0.2, 0) is 4.79 Å². The summed E-state index contributed by atoms with van der Waals surface area (Å²) in [7, 11) is 1.57. The number of hydrogen-bond donors (Lipinski definition) is 2. The third-order valence-corrected chi connectivity index (χ3v) is 7.80. The number of aromatic nitrogens is 1. The number of carbonyl (C=O) groups is 1. The fourth-order valence-electron chi connectivity index (χ4n) is 4.41. The molecule has 2 atom stereocenters. The highest BCUT2D eigenvalue weighted by atomic mass is 35.5. The number of phenolic OH excluding ortho intramolecular Hbond substituents is 2. The number of anilines is 1. The molecule has 10 nitrogen and oxygen atoms in total. The Kier molecular flexibility index (Phi) is 7.04. The van der Waals surface area contributed by atoms with Crippen molar-refractivity contribution in [3.8, 4) is 17.2 Å². The number of ether oxygens (including phenoxy) is 1. The van der Waals surface area contributed by atoms with E-state index in [2.05, 4.69) is 25.4 Å². The predicted molar refractivity (Wildman–Crippen MR) is 157 cm³/mol. The highest BCUT2D eigenvalue weighted by Crippen LogP contribution is 2.49. The first-order valence-corrected chi connectivity index (χ1v) is 13.6. The van der Waals surface area contributed by atoms with Crippen LogP contribution in [0.2, 0.25) is 0 Å². The normalized spacial score (nSPS) is 17.0. The van der Waals surface area contributed by atoms with Crippen molar-refractivity contribution in [2.24, 2.45) is 20.5 Å². The van der Waals surface area contributed by atoms with Crippen molar-refractivity contribution in [3.63, 3.8) is 0 Å². The number of thiazole rings is 1. The zero-order valence-electron chi connectivity index (χ0n) is 21.4. The van der Waals surface area contributed by atoms with E-state index in [1.54, 1.807) is 49.6 Å². The summed E-state index contributed by atoms with van der Waals surface area (Å²) in [6.07, 6.45) is 0. The molecule has 1 aliphatic heterocycles. The van der Waals surface area contributed by atoms with Gasteiger partial charge in [-0.25, -0.2) is 4.98 Å². The van der Waals surface area contributed by atoms with E-state index >= 15 is 0 Å². The van der Waals surface area contributed by atoms with Crippen LogP contribution in [0.15, 0.2) is 105 Å². The molecule has 2 unspecified atom stereocenters. The van der Waals surface area contributed by atoms with Gasteiger partial charge in [0.25, 0.3) is 0 Å². The number of azo groups is 2. The Morgan fingerprint density at radius 2 is 1.66 bits per heavy atom. The van der Waals surface area contributed by atoms with Gasteiger partial charge in [-0.2, -0.15) is 5.11 Å². The molecule has 1 amide bonds. The average Bonchev–Trinajstić information content (AvgIpc) is 3.42. The van der Waals surface area contributed by atoms with Gasteiger partial charge in [0.15, 0.2) is 0 Å². The summed E-state index contributed by atoms with van der Waals surface area (Å²) in [5.74, 6) is 0.122. The van der Waals surface area contributed by atoms with Gasteiger partial charge in [-0.1, -0.05) is 23.5 Å². The third kappa shape index (κ3) is 5.20. The number of fused-ring (bicyclic) bond motifs is 1. The minimum atomic E-state index is -0.967. The minimum absolute atomic E-state index is 0.0707. The average molecular weight is 585 g/mol. The molecule has 0 saturated carbocycles. The van der Waals surface area contributed by atoms with Gasteiger partial charge >= 0.3 is 0 Å². The number of alkyl halides is 1. The lowest BCUT2D eigenvalue weighted by Gasteiger charge is -2.44. The van der Waals surface area contributed by atoms with Crippen molar-refractivity contribution in [3.05, 3.63) is 90.5 Å². The van der Waals surface area contributed by atoms with Crippen LogP contribution >= 0.6 is 22.9 Å². The smallest absolute Gasteiger partial charge is 0.248 e. The second-order valence-electron chi connectivity index (χ2n) is 9.03. The molecule has 1 fully saturated rings. The van der Waals surface area contributed by atoms with E-state index in [1.807, 2.05) is 24.3 Å². The summed E-state index contributed by atoms with van der Waals surface area (Å²) in [6.45, 7) is 0. The van der Waals surface area contributed by atoms with E-state index < -0.39 is 17.3 Å². The van der Waals surface area contributed by atoms with Crippen LogP contribution in [0.25, 0.3) is 10.2 Å². The zero-order chi connectivity index (χ0) is 28.5. The number of benzene rings is 4. The lowest BCUT2D eigenvalue weighted by molar-refractivity contribution is -0.123. The molecule has 0 spiro atoms. The Morgan fingerprint density at radius 3 is 2.44 bits per heavy atom. The van der Waals surface area contributed by atoms with Crippen LogP contribution in [0.3, 0.4) is 0 Å². The fourth-order valence-corrected chi connectivity index (χ4v) is 5.55. The molecule has 1 aromatic heterocycles. The Labute approximate surface area is 242 Å². The number of rotatable bonds is 7. The van der Waals surface area contributed by atoms with E-state index in [1.165, 1.54) is 34.4 Å². The summed E-state index contributed by atoms with van der Waals surface area (Å²) >= 11 is 7.90. The van der Waals surface area contributed by atoms with Crippen LogP contribution in [0.1, 0.15) is 11.6 Å². The Bertz CT molecular complexity index is 1790. The second kappa shape index (κ2) is 11.0. The maximum atomic E-state index is 13.0. The first-order valence-electron chi connectivity index (χ1n) is 12.4. The third-order valence-electron chi connectivity index (χ3n) is 6.46. The number of phenols is 2. The van der Waals surface area contributed by atoms with Crippen LogP contribution in [-0.4, -0.2) is 33.6 Å². The van der Waals surface area contributed by atoms with Crippen LogP contribution < -0.4 is 9.64 Å². The van der Waals surface area contributed by atoms with Gasteiger partial charge < -0.3 is 14.9 Å². The Balaban J connectivity index is 1.32. The number of halogens is 1. The molecular formula is C29H21ClN6O4S. The number of aromatic hydroxyl groups is 2. The van der Waals surface area contributed by atoms with Crippen molar-refractivity contribution >= 4 is 66.9 Å². The SMILES string of the molecule is COc1ccc(N=Nc2ccc(O)cc2N2C(=O)C(Cl)C2c2cc(N=Nc3nc4ccccc4s3)ccc2O)cc1. The molecule has 1 aliphatic rings.